The number of hydrogen-bond donors (Lipinski definition) is 1. The first kappa shape index (κ1) is 21.3. The van der Waals surface area contributed by atoms with Gasteiger partial charge < -0.3 is 9.73 Å². The third-order valence-corrected chi connectivity index (χ3v) is 6.14. The lowest BCUT2D eigenvalue weighted by Crippen LogP contribution is -2.33. The SMILES string of the molecule is CC(C)n1cc(CN2CCCCC2c2ocnc2C(=O)Nc2cnc3ccccc3c2)cn1. The van der Waals surface area contributed by atoms with Gasteiger partial charge in [0.05, 0.1) is 29.6 Å². The first-order valence-corrected chi connectivity index (χ1v) is 11.4. The zero-order valence-electron chi connectivity index (χ0n) is 18.9. The van der Waals surface area contributed by atoms with Crippen LogP contribution in [0, 0.1) is 0 Å². The van der Waals surface area contributed by atoms with Crippen molar-refractivity contribution in [2.75, 3.05) is 11.9 Å². The zero-order chi connectivity index (χ0) is 22.8. The lowest BCUT2D eigenvalue weighted by molar-refractivity contribution is 0.0994. The van der Waals surface area contributed by atoms with E-state index in [2.05, 4.69) is 45.3 Å². The van der Waals surface area contributed by atoms with E-state index in [9.17, 15) is 4.79 Å². The summed E-state index contributed by atoms with van der Waals surface area (Å²) in [5, 5.41) is 8.38. The van der Waals surface area contributed by atoms with E-state index in [1.54, 1.807) is 6.20 Å². The second-order valence-electron chi connectivity index (χ2n) is 8.84. The molecule has 1 atom stereocenters. The molecule has 1 fully saturated rings. The Morgan fingerprint density at radius 1 is 1.21 bits per heavy atom. The molecule has 1 N–H and O–H groups in total. The fraction of sp³-hybridized carbons (Fsp3) is 0.360. The summed E-state index contributed by atoms with van der Waals surface area (Å²) in [7, 11) is 0. The van der Waals surface area contributed by atoms with Crippen molar-refractivity contribution in [1.82, 2.24) is 24.6 Å². The Labute approximate surface area is 192 Å². The lowest BCUT2D eigenvalue weighted by Gasteiger charge is -2.34. The Morgan fingerprint density at radius 3 is 2.94 bits per heavy atom. The number of likely N-dealkylation sites (tertiary alicyclic amines) is 1. The fourth-order valence-electron chi connectivity index (χ4n) is 4.44. The standard InChI is InChI=1S/C25H28N6O2/c1-17(2)31-15-18(12-28-31)14-30-10-6-5-9-22(30)24-23(27-16-33-24)25(32)29-20-11-19-7-3-4-8-21(19)26-13-20/h3-4,7-8,11-13,15-17,22H,5-6,9-10,14H2,1-2H3,(H,29,32). The molecule has 8 heteroatoms. The Bertz CT molecular complexity index is 1260. The van der Waals surface area contributed by atoms with E-state index in [0.29, 0.717) is 23.2 Å². The molecule has 8 nitrogen and oxygen atoms in total. The van der Waals surface area contributed by atoms with Crippen LogP contribution in [-0.2, 0) is 6.54 Å². The molecule has 0 radical (unpaired) electrons. The molecule has 0 spiro atoms. The number of aromatic nitrogens is 4. The molecule has 1 aliphatic rings. The summed E-state index contributed by atoms with van der Waals surface area (Å²) < 4.78 is 7.77. The van der Waals surface area contributed by atoms with E-state index in [-0.39, 0.29) is 11.9 Å². The number of nitrogens with zero attached hydrogens (tertiary/aromatic N) is 5. The van der Waals surface area contributed by atoms with Crippen LogP contribution in [0.25, 0.3) is 10.9 Å². The van der Waals surface area contributed by atoms with E-state index in [0.717, 1.165) is 48.8 Å². The monoisotopic (exact) mass is 444 g/mol. The number of rotatable bonds is 6. The predicted octanol–water partition coefficient (Wildman–Crippen LogP) is 4.98. The van der Waals surface area contributed by atoms with Crippen LogP contribution in [0.15, 0.2) is 59.7 Å². The molecule has 1 unspecified atom stereocenters. The summed E-state index contributed by atoms with van der Waals surface area (Å²) in [6.07, 6.45) is 10.2. The van der Waals surface area contributed by atoms with Gasteiger partial charge in [0.2, 0.25) is 0 Å². The number of benzene rings is 1. The number of pyridine rings is 1. The van der Waals surface area contributed by atoms with E-state index in [1.807, 2.05) is 41.2 Å². The zero-order valence-corrected chi connectivity index (χ0v) is 18.9. The molecule has 1 amide bonds. The molecule has 3 aromatic heterocycles. The number of carbonyl (C=O) groups excluding carboxylic acids is 1. The maximum Gasteiger partial charge on any atom is 0.278 e. The molecule has 0 bridgehead atoms. The third-order valence-electron chi connectivity index (χ3n) is 6.14. The summed E-state index contributed by atoms with van der Waals surface area (Å²) >= 11 is 0. The molecule has 33 heavy (non-hydrogen) atoms. The summed E-state index contributed by atoms with van der Waals surface area (Å²) in [5.41, 5.74) is 3.01. The molecule has 170 valence electrons. The third kappa shape index (κ3) is 4.52. The molecular weight excluding hydrogens is 416 g/mol. The van der Waals surface area contributed by atoms with Crippen LogP contribution in [0.1, 0.15) is 67.0 Å². The van der Waals surface area contributed by atoms with Gasteiger partial charge in [0.1, 0.15) is 0 Å². The molecular formula is C25H28N6O2. The minimum absolute atomic E-state index is 0.000807. The van der Waals surface area contributed by atoms with E-state index in [4.69, 9.17) is 4.42 Å². The Hall–Kier alpha value is -3.52. The van der Waals surface area contributed by atoms with Crippen molar-refractivity contribution in [2.45, 2.75) is 51.7 Å². The van der Waals surface area contributed by atoms with Gasteiger partial charge in [-0.25, -0.2) is 4.98 Å². The highest BCUT2D eigenvalue weighted by Gasteiger charge is 2.31. The molecule has 1 aromatic carbocycles. The van der Waals surface area contributed by atoms with Crippen LogP contribution in [0.2, 0.25) is 0 Å². The molecule has 0 aliphatic carbocycles. The van der Waals surface area contributed by atoms with Crippen molar-refractivity contribution < 1.29 is 9.21 Å². The van der Waals surface area contributed by atoms with Crippen LogP contribution in [0.5, 0.6) is 0 Å². The van der Waals surface area contributed by atoms with Crippen molar-refractivity contribution in [3.05, 3.63) is 72.3 Å². The highest BCUT2D eigenvalue weighted by molar-refractivity contribution is 6.04. The minimum atomic E-state index is -0.283. The molecule has 0 saturated carbocycles. The average molecular weight is 445 g/mol. The maximum atomic E-state index is 13.1. The van der Waals surface area contributed by atoms with Gasteiger partial charge in [0.25, 0.3) is 5.91 Å². The van der Waals surface area contributed by atoms with Gasteiger partial charge >= 0.3 is 0 Å². The highest BCUT2D eigenvalue weighted by Crippen LogP contribution is 2.34. The molecule has 4 aromatic rings. The van der Waals surface area contributed by atoms with Crippen molar-refractivity contribution in [2.24, 2.45) is 0 Å². The summed E-state index contributed by atoms with van der Waals surface area (Å²) in [6, 6.07) is 10.1. The number of oxazole rings is 1. The van der Waals surface area contributed by atoms with Gasteiger partial charge in [0, 0.05) is 29.7 Å². The Kier molecular flexibility index (Phi) is 5.92. The molecule has 5 rings (SSSR count). The van der Waals surface area contributed by atoms with E-state index in [1.165, 1.54) is 6.39 Å². The van der Waals surface area contributed by atoms with Crippen LogP contribution >= 0.6 is 0 Å². The predicted molar refractivity (Wildman–Crippen MR) is 126 cm³/mol. The van der Waals surface area contributed by atoms with E-state index >= 15 is 0 Å². The number of para-hydroxylation sites is 1. The Morgan fingerprint density at radius 2 is 2.09 bits per heavy atom. The summed E-state index contributed by atoms with van der Waals surface area (Å²) in [6.45, 7) is 5.93. The van der Waals surface area contributed by atoms with Crippen LogP contribution in [-0.4, -0.2) is 37.1 Å². The number of carbonyl (C=O) groups is 1. The number of hydrogen-bond acceptors (Lipinski definition) is 6. The number of anilines is 1. The summed E-state index contributed by atoms with van der Waals surface area (Å²) in [4.78, 5) is 24.2. The smallest absolute Gasteiger partial charge is 0.278 e. The minimum Gasteiger partial charge on any atom is -0.446 e. The van der Waals surface area contributed by atoms with Gasteiger partial charge in [-0.05, 0) is 45.4 Å². The van der Waals surface area contributed by atoms with Crippen LogP contribution in [0.4, 0.5) is 5.69 Å². The normalized spacial score (nSPS) is 17.0. The van der Waals surface area contributed by atoms with Gasteiger partial charge in [-0.15, -0.1) is 0 Å². The molecule has 1 saturated heterocycles. The summed E-state index contributed by atoms with van der Waals surface area (Å²) in [5.74, 6) is 0.339. The van der Waals surface area contributed by atoms with E-state index < -0.39 is 0 Å². The second-order valence-corrected chi connectivity index (χ2v) is 8.84. The topological polar surface area (TPSA) is 89.1 Å². The Balaban J connectivity index is 1.35. The maximum absolute atomic E-state index is 13.1. The van der Waals surface area contributed by atoms with Crippen molar-refractivity contribution in [3.8, 4) is 0 Å². The van der Waals surface area contributed by atoms with Gasteiger partial charge in [-0.1, -0.05) is 24.6 Å². The second kappa shape index (κ2) is 9.15. The van der Waals surface area contributed by atoms with Gasteiger partial charge in [0.15, 0.2) is 17.8 Å². The van der Waals surface area contributed by atoms with Crippen LogP contribution in [0.3, 0.4) is 0 Å². The largest absolute Gasteiger partial charge is 0.446 e. The highest BCUT2D eigenvalue weighted by atomic mass is 16.3. The van der Waals surface area contributed by atoms with Gasteiger partial charge in [-0.2, -0.15) is 5.10 Å². The molecule has 4 heterocycles. The van der Waals surface area contributed by atoms with Crippen LogP contribution < -0.4 is 5.32 Å². The number of piperidine rings is 1. The lowest BCUT2D eigenvalue weighted by atomic mass is 9.98. The fourth-order valence-corrected chi connectivity index (χ4v) is 4.44. The molecule has 1 aliphatic heterocycles. The number of nitrogens with one attached hydrogen (secondary N) is 1. The quantitative estimate of drug-likeness (QED) is 0.451. The average Bonchev–Trinajstić information content (AvgIpc) is 3.49. The van der Waals surface area contributed by atoms with Crippen molar-refractivity contribution in [3.63, 3.8) is 0 Å². The first-order chi connectivity index (χ1) is 16.1. The van der Waals surface area contributed by atoms with Crippen molar-refractivity contribution in [1.29, 1.82) is 0 Å². The number of fused-ring (bicyclic) bond motifs is 1. The van der Waals surface area contributed by atoms with Gasteiger partial charge in [-0.3, -0.25) is 19.4 Å². The first-order valence-electron chi connectivity index (χ1n) is 11.4. The van der Waals surface area contributed by atoms with Crippen molar-refractivity contribution >= 4 is 22.5 Å². The number of amides is 1.